The second-order valence-electron chi connectivity index (χ2n) is 3.76. The summed E-state index contributed by atoms with van der Waals surface area (Å²) in [6, 6.07) is 0. The van der Waals surface area contributed by atoms with E-state index in [0.717, 1.165) is 12.8 Å². The molecule has 0 aliphatic rings. The minimum atomic E-state index is -4.74. The summed E-state index contributed by atoms with van der Waals surface area (Å²) in [5.41, 5.74) is 0. The number of phosphoric acid groups is 1. The SMILES string of the molecule is CCCCCCCCCCOP(=O)([O-])[O-].[Li+].[Li+]. The Morgan fingerprint density at radius 1 is 0.882 bits per heavy atom. The van der Waals surface area contributed by atoms with Crippen molar-refractivity contribution < 1.29 is 56.6 Å². The normalized spacial score (nSPS) is 10.5. The van der Waals surface area contributed by atoms with Crippen molar-refractivity contribution in [3.05, 3.63) is 0 Å². The Bertz CT molecular complexity index is 187. The molecule has 0 bridgehead atoms. The number of hydrogen-bond acceptors (Lipinski definition) is 4. The molecule has 4 nitrogen and oxygen atoms in total. The van der Waals surface area contributed by atoms with Crippen LogP contribution in [0.25, 0.3) is 0 Å². The molecule has 0 amide bonds. The van der Waals surface area contributed by atoms with Crippen molar-refractivity contribution in [3.63, 3.8) is 0 Å². The molecule has 0 spiro atoms. The van der Waals surface area contributed by atoms with Crippen molar-refractivity contribution in [2.45, 2.75) is 58.3 Å². The predicted molar refractivity (Wildman–Crippen MR) is 56.2 cm³/mol. The fourth-order valence-electron chi connectivity index (χ4n) is 1.41. The van der Waals surface area contributed by atoms with E-state index in [4.69, 9.17) is 0 Å². The van der Waals surface area contributed by atoms with Crippen molar-refractivity contribution in [1.82, 2.24) is 0 Å². The van der Waals surface area contributed by atoms with Crippen LogP contribution in [0.1, 0.15) is 58.3 Å². The molecule has 0 aromatic carbocycles. The average molecular weight is 250 g/mol. The summed E-state index contributed by atoms with van der Waals surface area (Å²) in [6.07, 6.45) is 8.93. The molecule has 0 fully saturated rings. The number of unbranched alkanes of at least 4 members (excludes halogenated alkanes) is 7. The van der Waals surface area contributed by atoms with Gasteiger partial charge in [-0.15, -0.1) is 0 Å². The van der Waals surface area contributed by atoms with Gasteiger partial charge in [0.1, 0.15) is 0 Å². The summed E-state index contributed by atoms with van der Waals surface area (Å²) in [4.78, 5) is 20.2. The number of rotatable bonds is 10. The topological polar surface area (TPSA) is 72.4 Å². The van der Waals surface area contributed by atoms with Gasteiger partial charge in [-0.05, 0) is 6.42 Å². The van der Waals surface area contributed by atoms with E-state index in [1.807, 2.05) is 0 Å². The van der Waals surface area contributed by atoms with Crippen molar-refractivity contribution in [2.75, 3.05) is 6.61 Å². The van der Waals surface area contributed by atoms with Gasteiger partial charge in [0.05, 0.1) is 14.4 Å². The van der Waals surface area contributed by atoms with Crippen LogP contribution in [0.3, 0.4) is 0 Å². The average Bonchev–Trinajstić information content (AvgIpc) is 2.14. The summed E-state index contributed by atoms with van der Waals surface area (Å²) in [5, 5.41) is 0. The summed E-state index contributed by atoms with van der Waals surface area (Å²) < 4.78 is 14.2. The first-order chi connectivity index (χ1) is 7.06. The van der Waals surface area contributed by atoms with Gasteiger partial charge in [0.25, 0.3) is 0 Å². The van der Waals surface area contributed by atoms with Crippen LogP contribution in [0.5, 0.6) is 0 Å². The van der Waals surface area contributed by atoms with E-state index in [2.05, 4.69) is 11.4 Å². The van der Waals surface area contributed by atoms with E-state index >= 15 is 0 Å². The van der Waals surface area contributed by atoms with Crippen LogP contribution in [0.2, 0.25) is 0 Å². The quantitative estimate of drug-likeness (QED) is 0.225. The Balaban J connectivity index is -0.000000980. The van der Waals surface area contributed by atoms with Crippen LogP contribution in [-0.2, 0) is 9.09 Å². The monoisotopic (exact) mass is 250 g/mol. The fraction of sp³-hybridized carbons (Fsp3) is 1.00. The van der Waals surface area contributed by atoms with Crippen LogP contribution < -0.4 is 47.5 Å². The molecule has 0 aliphatic heterocycles. The van der Waals surface area contributed by atoms with Gasteiger partial charge in [-0.2, -0.15) is 0 Å². The maximum absolute atomic E-state index is 10.1. The Morgan fingerprint density at radius 2 is 1.29 bits per heavy atom. The van der Waals surface area contributed by atoms with E-state index in [-0.39, 0.29) is 44.3 Å². The van der Waals surface area contributed by atoms with Crippen LogP contribution >= 0.6 is 7.82 Å². The fourth-order valence-corrected chi connectivity index (χ4v) is 1.77. The first-order valence-electron chi connectivity index (χ1n) is 5.73. The second kappa shape index (κ2) is 15.4. The molecule has 17 heavy (non-hydrogen) atoms. The van der Waals surface area contributed by atoms with Gasteiger partial charge in [-0.3, -0.25) is 0 Å². The van der Waals surface area contributed by atoms with E-state index in [1.54, 1.807) is 0 Å². The van der Waals surface area contributed by atoms with Crippen molar-refractivity contribution in [2.24, 2.45) is 0 Å². The Morgan fingerprint density at radius 3 is 1.71 bits per heavy atom. The van der Waals surface area contributed by atoms with E-state index < -0.39 is 7.82 Å². The molecule has 0 heterocycles. The molecule has 0 aromatic rings. The van der Waals surface area contributed by atoms with Gasteiger partial charge in [-0.25, -0.2) is 0 Å². The summed E-state index contributed by atoms with van der Waals surface area (Å²) in [5.74, 6) is 0. The molecule has 0 saturated heterocycles. The third-order valence-corrected chi connectivity index (χ3v) is 2.75. The van der Waals surface area contributed by atoms with Gasteiger partial charge in [0.2, 0.25) is 0 Å². The van der Waals surface area contributed by atoms with Gasteiger partial charge in [0.15, 0.2) is 0 Å². The van der Waals surface area contributed by atoms with Crippen molar-refractivity contribution in [3.8, 4) is 0 Å². The Kier molecular flexibility index (Phi) is 21.1. The molecular formula is C10H21Li2O4P. The molecule has 0 unspecified atom stereocenters. The van der Waals surface area contributed by atoms with Crippen molar-refractivity contribution in [1.29, 1.82) is 0 Å². The zero-order chi connectivity index (χ0) is 11.6. The van der Waals surface area contributed by atoms with Gasteiger partial charge < -0.3 is 18.9 Å². The standard InChI is InChI=1S/C10H23O4P.2Li/c1-2-3-4-5-6-7-8-9-10-14-15(11,12)13;;/h2-10H2,1H3,(H2,11,12,13);;/q;2*+1/p-2. The molecule has 0 radical (unpaired) electrons. The minimum absolute atomic E-state index is 0. The third-order valence-electron chi connectivity index (χ3n) is 2.25. The zero-order valence-electron chi connectivity index (χ0n) is 11.4. The van der Waals surface area contributed by atoms with Crippen molar-refractivity contribution >= 4 is 7.82 Å². The first kappa shape index (κ1) is 23.4. The summed E-state index contributed by atoms with van der Waals surface area (Å²) in [7, 11) is -4.74. The molecule has 0 rings (SSSR count). The molecule has 7 heteroatoms. The van der Waals surface area contributed by atoms with Crippen LogP contribution in [0.4, 0.5) is 0 Å². The van der Waals surface area contributed by atoms with Gasteiger partial charge in [0, 0.05) is 0 Å². The first-order valence-corrected chi connectivity index (χ1v) is 7.19. The molecule has 0 aromatic heterocycles. The molecule has 0 aliphatic carbocycles. The van der Waals surface area contributed by atoms with E-state index in [0.29, 0.717) is 6.42 Å². The Hall–Kier alpha value is 1.30. The Labute approximate surface area is 129 Å². The number of hydrogen-bond donors (Lipinski definition) is 0. The van der Waals surface area contributed by atoms with E-state index in [9.17, 15) is 14.4 Å². The van der Waals surface area contributed by atoms with Gasteiger partial charge in [-0.1, -0.05) is 51.9 Å². The number of phosphoric ester groups is 1. The van der Waals surface area contributed by atoms with Crippen LogP contribution in [0.15, 0.2) is 0 Å². The summed E-state index contributed by atoms with van der Waals surface area (Å²) >= 11 is 0. The molecule has 0 saturated carbocycles. The zero-order valence-corrected chi connectivity index (χ0v) is 12.3. The largest absolute Gasteiger partial charge is 1.00 e. The summed E-state index contributed by atoms with van der Waals surface area (Å²) in [6.45, 7) is 2.22. The maximum atomic E-state index is 10.1. The van der Waals surface area contributed by atoms with Crippen LogP contribution in [0, 0.1) is 0 Å². The molecule has 0 N–H and O–H groups in total. The van der Waals surface area contributed by atoms with Crippen LogP contribution in [-0.4, -0.2) is 6.61 Å². The minimum Gasteiger partial charge on any atom is -0.790 e. The maximum Gasteiger partial charge on any atom is 1.00 e. The molecular weight excluding hydrogens is 229 g/mol. The predicted octanol–water partition coefficient (Wildman–Crippen LogP) is -4.02. The molecule has 0 atom stereocenters. The third kappa shape index (κ3) is 22.9. The second-order valence-corrected chi connectivity index (χ2v) is 4.91. The smallest absolute Gasteiger partial charge is 0.790 e. The molecule has 92 valence electrons. The van der Waals surface area contributed by atoms with E-state index in [1.165, 1.54) is 32.1 Å². The van der Waals surface area contributed by atoms with Gasteiger partial charge >= 0.3 is 37.7 Å².